The van der Waals surface area contributed by atoms with Crippen molar-refractivity contribution in [3.63, 3.8) is 0 Å². The van der Waals surface area contributed by atoms with Crippen molar-refractivity contribution in [3.05, 3.63) is 47.9 Å². The molecule has 0 atom stereocenters. The molecule has 0 aliphatic carbocycles. The second kappa shape index (κ2) is 6.62. The Labute approximate surface area is 133 Å². The minimum absolute atomic E-state index is 0.110. The molecule has 114 valence electrons. The Bertz CT molecular complexity index is 643. The number of hydrogen-bond donors (Lipinski definition) is 1. The zero-order valence-electron chi connectivity index (χ0n) is 11.9. The van der Waals surface area contributed by atoms with E-state index in [4.69, 9.17) is 11.6 Å². The minimum atomic E-state index is -0.110. The average Bonchev–Trinajstić information content (AvgIpc) is 2.56. The highest BCUT2D eigenvalue weighted by molar-refractivity contribution is 6.30. The van der Waals surface area contributed by atoms with E-state index in [1.807, 2.05) is 12.1 Å². The molecular weight excluding hydrogens is 302 g/mol. The van der Waals surface area contributed by atoms with Crippen LogP contribution in [0.25, 0.3) is 0 Å². The lowest BCUT2D eigenvalue weighted by molar-refractivity contribution is 0.208. The molecule has 7 heteroatoms. The van der Waals surface area contributed by atoms with E-state index in [2.05, 4.69) is 20.2 Å². The van der Waals surface area contributed by atoms with Gasteiger partial charge in [-0.25, -0.2) is 9.78 Å². The van der Waals surface area contributed by atoms with Gasteiger partial charge in [0, 0.05) is 49.3 Å². The summed E-state index contributed by atoms with van der Waals surface area (Å²) in [5, 5.41) is 3.47. The van der Waals surface area contributed by atoms with Crippen LogP contribution in [0.3, 0.4) is 0 Å². The van der Waals surface area contributed by atoms with Crippen molar-refractivity contribution in [2.75, 3.05) is 36.4 Å². The fourth-order valence-electron chi connectivity index (χ4n) is 2.36. The summed E-state index contributed by atoms with van der Waals surface area (Å²) >= 11 is 5.92. The first-order valence-electron chi connectivity index (χ1n) is 7.05. The van der Waals surface area contributed by atoms with E-state index in [0.717, 1.165) is 18.9 Å². The number of halogens is 1. The topological polar surface area (TPSA) is 61.4 Å². The van der Waals surface area contributed by atoms with Crippen LogP contribution in [-0.4, -0.2) is 47.1 Å². The Morgan fingerprint density at radius 1 is 1.18 bits per heavy atom. The first-order chi connectivity index (χ1) is 10.7. The standard InChI is InChI=1S/C15H16ClN5O/c16-12-2-1-3-13(10-12)19-15(22)21-8-6-20(7-9-21)14-11-17-4-5-18-14/h1-5,10-11H,6-9H2,(H,19,22). The molecule has 1 saturated heterocycles. The molecule has 2 amide bonds. The second-order valence-corrected chi connectivity index (χ2v) is 5.41. The van der Waals surface area contributed by atoms with Gasteiger partial charge in [-0.3, -0.25) is 4.98 Å². The van der Waals surface area contributed by atoms with E-state index in [1.54, 1.807) is 35.6 Å². The second-order valence-electron chi connectivity index (χ2n) is 4.98. The lowest BCUT2D eigenvalue weighted by Crippen LogP contribution is -2.50. The Kier molecular flexibility index (Phi) is 4.39. The van der Waals surface area contributed by atoms with E-state index in [0.29, 0.717) is 23.8 Å². The smallest absolute Gasteiger partial charge is 0.321 e. The molecule has 3 rings (SSSR count). The molecule has 2 aromatic rings. The molecule has 0 spiro atoms. The van der Waals surface area contributed by atoms with Crippen molar-refractivity contribution in [1.29, 1.82) is 0 Å². The van der Waals surface area contributed by atoms with Gasteiger partial charge in [-0.05, 0) is 18.2 Å². The monoisotopic (exact) mass is 317 g/mol. The summed E-state index contributed by atoms with van der Waals surface area (Å²) in [6, 6.07) is 7.02. The van der Waals surface area contributed by atoms with Gasteiger partial charge in [0.1, 0.15) is 5.82 Å². The Morgan fingerprint density at radius 2 is 2.00 bits per heavy atom. The van der Waals surface area contributed by atoms with Crippen LogP contribution in [0.5, 0.6) is 0 Å². The zero-order valence-corrected chi connectivity index (χ0v) is 12.7. The molecule has 1 aromatic carbocycles. The molecule has 6 nitrogen and oxygen atoms in total. The van der Waals surface area contributed by atoms with E-state index in [1.165, 1.54) is 0 Å². The lowest BCUT2D eigenvalue weighted by Gasteiger charge is -2.35. The van der Waals surface area contributed by atoms with Gasteiger partial charge in [-0.2, -0.15) is 0 Å². The first kappa shape index (κ1) is 14.6. The average molecular weight is 318 g/mol. The summed E-state index contributed by atoms with van der Waals surface area (Å²) in [6.45, 7) is 2.76. The number of urea groups is 1. The highest BCUT2D eigenvalue weighted by Gasteiger charge is 2.21. The highest BCUT2D eigenvalue weighted by Crippen LogP contribution is 2.16. The number of aromatic nitrogens is 2. The van der Waals surface area contributed by atoms with Crippen LogP contribution in [0, 0.1) is 0 Å². The molecule has 2 heterocycles. The van der Waals surface area contributed by atoms with E-state index >= 15 is 0 Å². The molecule has 1 fully saturated rings. The minimum Gasteiger partial charge on any atom is -0.352 e. The summed E-state index contributed by atoms with van der Waals surface area (Å²) in [5.41, 5.74) is 0.703. The molecule has 0 bridgehead atoms. The van der Waals surface area contributed by atoms with Crippen molar-refractivity contribution in [2.45, 2.75) is 0 Å². The SMILES string of the molecule is O=C(Nc1cccc(Cl)c1)N1CCN(c2cnccn2)CC1. The van der Waals surface area contributed by atoms with E-state index in [9.17, 15) is 4.79 Å². The molecule has 1 aliphatic rings. The quantitative estimate of drug-likeness (QED) is 0.924. The summed E-state index contributed by atoms with van der Waals surface area (Å²) in [5.74, 6) is 0.845. The number of piperazine rings is 1. The van der Waals surface area contributed by atoms with Crippen LogP contribution in [-0.2, 0) is 0 Å². The van der Waals surface area contributed by atoms with Crippen molar-refractivity contribution >= 4 is 29.1 Å². The lowest BCUT2D eigenvalue weighted by atomic mass is 10.3. The number of benzene rings is 1. The third kappa shape index (κ3) is 3.46. The normalized spacial score (nSPS) is 14.8. The Balaban J connectivity index is 1.56. The third-order valence-electron chi connectivity index (χ3n) is 3.52. The molecule has 0 radical (unpaired) electrons. The van der Waals surface area contributed by atoms with E-state index in [-0.39, 0.29) is 6.03 Å². The van der Waals surface area contributed by atoms with Crippen LogP contribution in [0.2, 0.25) is 5.02 Å². The van der Waals surface area contributed by atoms with Gasteiger partial charge in [-0.15, -0.1) is 0 Å². The molecule has 0 saturated carbocycles. The summed E-state index contributed by atoms with van der Waals surface area (Å²) in [6.07, 6.45) is 5.06. The largest absolute Gasteiger partial charge is 0.352 e. The number of carbonyl (C=O) groups excluding carboxylic acids is 1. The predicted molar refractivity (Wildman–Crippen MR) is 86.3 cm³/mol. The van der Waals surface area contributed by atoms with Gasteiger partial charge >= 0.3 is 6.03 Å². The maximum absolute atomic E-state index is 12.2. The van der Waals surface area contributed by atoms with Gasteiger partial charge < -0.3 is 15.1 Å². The summed E-state index contributed by atoms with van der Waals surface area (Å²) in [7, 11) is 0. The fraction of sp³-hybridized carbons (Fsp3) is 0.267. The number of carbonyl (C=O) groups is 1. The number of hydrogen-bond acceptors (Lipinski definition) is 4. The van der Waals surface area contributed by atoms with Gasteiger partial charge in [-0.1, -0.05) is 17.7 Å². The van der Waals surface area contributed by atoms with Gasteiger partial charge in [0.15, 0.2) is 0 Å². The van der Waals surface area contributed by atoms with Crippen LogP contribution in [0.1, 0.15) is 0 Å². The molecule has 1 aromatic heterocycles. The number of anilines is 2. The number of rotatable bonds is 2. The zero-order chi connectivity index (χ0) is 15.4. The maximum atomic E-state index is 12.2. The third-order valence-corrected chi connectivity index (χ3v) is 3.75. The Hall–Kier alpha value is -2.34. The maximum Gasteiger partial charge on any atom is 0.321 e. The number of nitrogens with zero attached hydrogens (tertiary/aromatic N) is 4. The van der Waals surface area contributed by atoms with Crippen LogP contribution in [0.15, 0.2) is 42.9 Å². The molecular formula is C15H16ClN5O. The van der Waals surface area contributed by atoms with Crippen LogP contribution >= 0.6 is 11.6 Å². The molecule has 1 N–H and O–H groups in total. The Morgan fingerprint density at radius 3 is 2.68 bits per heavy atom. The van der Waals surface area contributed by atoms with Crippen molar-refractivity contribution in [2.24, 2.45) is 0 Å². The van der Waals surface area contributed by atoms with Gasteiger partial charge in [0.2, 0.25) is 0 Å². The van der Waals surface area contributed by atoms with Crippen LogP contribution in [0.4, 0.5) is 16.3 Å². The molecule has 22 heavy (non-hydrogen) atoms. The van der Waals surface area contributed by atoms with Crippen molar-refractivity contribution in [1.82, 2.24) is 14.9 Å². The summed E-state index contributed by atoms with van der Waals surface area (Å²) < 4.78 is 0. The van der Waals surface area contributed by atoms with E-state index < -0.39 is 0 Å². The van der Waals surface area contributed by atoms with Crippen LogP contribution < -0.4 is 10.2 Å². The fourth-order valence-corrected chi connectivity index (χ4v) is 2.55. The first-order valence-corrected chi connectivity index (χ1v) is 7.42. The van der Waals surface area contributed by atoms with Gasteiger partial charge in [0.25, 0.3) is 0 Å². The number of nitrogens with one attached hydrogen (secondary N) is 1. The summed E-state index contributed by atoms with van der Waals surface area (Å²) in [4.78, 5) is 24.5. The molecule has 1 aliphatic heterocycles. The highest BCUT2D eigenvalue weighted by atomic mass is 35.5. The predicted octanol–water partition coefficient (Wildman–Crippen LogP) is 2.48. The number of amides is 2. The molecule has 0 unspecified atom stereocenters. The van der Waals surface area contributed by atoms with Crippen molar-refractivity contribution < 1.29 is 4.79 Å². The van der Waals surface area contributed by atoms with Gasteiger partial charge in [0.05, 0.1) is 6.20 Å². The van der Waals surface area contributed by atoms with Crippen molar-refractivity contribution in [3.8, 4) is 0 Å².